The topological polar surface area (TPSA) is 148 Å². The second-order valence-electron chi connectivity index (χ2n) is 7.14. The van der Waals surface area contributed by atoms with E-state index in [0.717, 1.165) is 5.56 Å². The quantitative estimate of drug-likeness (QED) is 0.317. The van der Waals surface area contributed by atoms with Crippen LogP contribution in [0.25, 0.3) is 11.0 Å². The van der Waals surface area contributed by atoms with Crippen LogP contribution >= 0.6 is 23.2 Å². The lowest BCUT2D eigenvalue weighted by atomic mass is 9.96. The van der Waals surface area contributed by atoms with Crippen LogP contribution in [0.1, 0.15) is 5.56 Å². The molecule has 6 N–H and O–H groups in total. The first-order valence-corrected chi connectivity index (χ1v) is 10.0. The summed E-state index contributed by atoms with van der Waals surface area (Å²) < 4.78 is 1.41. The third-order valence-corrected chi connectivity index (χ3v) is 5.80. The van der Waals surface area contributed by atoms with E-state index in [9.17, 15) is 20.1 Å². The van der Waals surface area contributed by atoms with Crippen molar-refractivity contribution in [3.63, 3.8) is 0 Å². The maximum Gasteiger partial charge on any atom is 0.278 e. The number of piperidine rings is 1. The summed E-state index contributed by atoms with van der Waals surface area (Å²) in [5.74, 6) is 0.271. The second kappa shape index (κ2) is 8.50. The zero-order chi connectivity index (χ0) is 21.4. The minimum absolute atomic E-state index is 0.120. The van der Waals surface area contributed by atoms with E-state index in [-0.39, 0.29) is 24.6 Å². The summed E-state index contributed by atoms with van der Waals surface area (Å²) in [6.45, 7) is 0.618. The Morgan fingerprint density at radius 3 is 2.77 bits per heavy atom. The normalized spacial score (nSPS) is 24.3. The minimum Gasteiger partial charge on any atom is -0.389 e. The molecule has 0 unspecified atom stereocenters. The van der Waals surface area contributed by atoms with E-state index in [0.29, 0.717) is 22.1 Å². The van der Waals surface area contributed by atoms with Crippen molar-refractivity contribution in [2.45, 2.75) is 37.4 Å². The number of β-amino-alcohol motifs (C(OH)–C–C–N with tert-alkyl or cyclic N) is 1. The molecule has 0 saturated carbocycles. The highest BCUT2D eigenvalue weighted by Crippen LogP contribution is 2.23. The van der Waals surface area contributed by atoms with Gasteiger partial charge in [0.2, 0.25) is 5.95 Å². The fourth-order valence-corrected chi connectivity index (χ4v) is 3.72. The standard InChI is InChI=1S/C18H20Cl2N6O4/c19-9-2-1-8(3-10(9)20)4-22-18-24-11-5-23-26(14(11)17(30)25-18)7-12-15(28)16(29)13(27)6-21-12/h1-3,5,12-13,15-16,21,27-29H,4,6-7H2,(H2,22,24,25,30)/t12-,13+,15-,16-/m1/s1. The van der Waals surface area contributed by atoms with Gasteiger partial charge in [0, 0.05) is 13.1 Å². The Balaban J connectivity index is 1.51. The highest BCUT2D eigenvalue weighted by molar-refractivity contribution is 6.42. The van der Waals surface area contributed by atoms with Gasteiger partial charge < -0.3 is 26.0 Å². The Kier molecular flexibility index (Phi) is 5.96. The predicted octanol–water partition coefficient (Wildman–Crippen LogP) is 0.0930. The molecule has 30 heavy (non-hydrogen) atoms. The van der Waals surface area contributed by atoms with Crippen molar-refractivity contribution in [2.75, 3.05) is 11.9 Å². The van der Waals surface area contributed by atoms with Gasteiger partial charge in [-0.2, -0.15) is 5.10 Å². The molecular weight excluding hydrogens is 435 g/mol. The van der Waals surface area contributed by atoms with Crippen molar-refractivity contribution < 1.29 is 15.3 Å². The fourth-order valence-electron chi connectivity index (χ4n) is 3.40. The highest BCUT2D eigenvalue weighted by atomic mass is 35.5. The van der Waals surface area contributed by atoms with E-state index in [4.69, 9.17) is 23.2 Å². The van der Waals surface area contributed by atoms with E-state index in [1.165, 1.54) is 10.9 Å². The van der Waals surface area contributed by atoms with Gasteiger partial charge in [0.1, 0.15) is 11.6 Å². The van der Waals surface area contributed by atoms with E-state index in [1.807, 2.05) is 6.07 Å². The van der Waals surface area contributed by atoms with Gasteiger partial charge in [-0.1, -0.05) is 29.3 Å². The van der Waals surface area contributed by atoms with Gasteiger partial charge in [-0.05, 0) is 17.7 Å². The first-order valence-electron chi connectivity index (χ1n) is 9.24. The molecule has 0 bridgehead atoms. The SMILES string of the molecule is O=c1[nH]c(NCc2ccc(Cl)c(Cl)c2)nc2cnn(C[C@H]3NC[C@H](O)[C@@H](O)[C@@H]3O)c12. The van der Waals surface area contributed by atoms with Gasteiger partial charge in [0.05, 0.1) is 41.0 Å². The Labute approximate surface area is 180 Å². The van der Waals surface area contributed by atoms with Crippen molar-refractivity contribution in [2.24, 2.45) is 0 Å². The van der Waals surface area contributed by atoms with Gasteiger partial charge in [-0.25, -0.2) is 4.98 Å². The summed E-state index contributed by atoms with van der Waals surface area (Å²) in [5, 5.41) is 40.7. The molecule has 10 nitrogen and oxygen atoms in total. The number of nitrogens with one attached hydrogen (secondary N) is 3. The number of aromatic amines is 1. The maximum absolute atomic E-state index is 12.6. The maximum atomic E-state index is 12.6. The van der Waals surface area contributed by atoms with Crippen LogP contribution in [0.15, 0.2) is 29.2 Å². The molecule has 4 atom stereocenters. The van der Waals surface area contributed by atoms with E-state index < -0.39 is 29.9 Å². The first kappa shape index (κ1) is 21.0. The number of anilines is 1. The molecule has 3 heterocycles. The Bertz CT molecular complexity index is 1120. The summed E-state index contributed by atoms with van der Waals surface area (Å²) in [4.78, 5) is 19.7. The van der Waals surface area contributed by atoms with E-state index >= 15 is 0 Å². The molecule has 160 valence electrons. The summed E-state index contributed by atoms with van der Waals surface area (Å²) in [5.41, 5.74) is 1.08. The van der Waals surface area contributed by atoms with E-state index in [2.05, 4.69) is 25.7 Å². The van der Waals surface area contributed by atoms with Crippen LogP contribution in [-0.2, 0) is 13.1 Å². The first-order chi connectivity index (χ1) is 14.3. The monoisotopic (exact) mass is 454 g/mol. The van der Waals surface area contributed by atoms with Crippen molar-refractivity contribution in [1.29, 1.82) is 0 Å². The minimum atomic E-state index is -1.27. The molecule has 4 rings (SSSR count). The Hall–Kier alpha value is -2.21. The van der Waals surface area contributed by atoms with Crippen LogP contribution in [0.5, 0.6) is 0 Å². The average molecular weight is 455 g/mol. The smallest absolute Gasteiger partial charge is 0.278 e. The number of rotatable bonds is 5. The van der Waals surface area contributed by atoms with Gasteiger partial charge in [0.15, 0.2) is 5.52 Å². The fraction of sp³-hybridized carbons (Fsp3) is 0.389. The van der Waals surface area contributed by atoms with Gasteiger partial charge in [-0.3, -0.25) is 14.5 Å². The van der Waals surface area contributed by atoms with Crippen LogP contribution in [-0.4, -0.2) is 66.0 Å². The lowest BCUT2D eigenvalue weighted by molar-refractivity contribution is -0.0964. The van der Waals surface area contributed by atoms with Gasteiger partial charge >= 0.3 is 0 Å². The van der Waals surface area contributed by atoms with Crippen LogP contribution in [0.2, 0.25) is 10.0 Å². The number of hydrogen-bond donors (Lipinski definition) is 6. The van der Waals surface area contributed by atoms with Crippen molar-refractivity contribution in [3.05, 3.63) is 50.4 Å². The number of halogens is 2. The number of nitrogens with zero attached hydrogens (tertiary/aromatic N) is 3. The molecule has 3 aromatic rings. The molecule has 1 fully saturated rings. The van der Waals surface area contributed by atoms with Crippen LogP contribution in [0, 0.1) is 0 Å². The molecule has 0 radical (unpaired) electrons. The molecule has 1 aliphatic rings. The van der Waals surface area contributed by atoms with Crippen molar-refractivity contribution in [3.8, 4) is 0 Å². The number of hydrogen-bond acceptors (Lipinski definition) is 8. The molecule has 0 aliphatic carbocycles. The zero-order valence-electron chi connectivity index (χ0n) is 15.6. The largest absolute Gasteiger partial charge is 0.389 e. The second-order valence-corrected chi connectivity index (χ2v) is 7.95. The van der Waals surface area contributed by atoms with Crippen LogP contribution < -0.4 is 16.2 Å². The van der Waals surface area contributed by atoms with Gasteiger partial charge in [-0.15, -0.1) is 0 Å². The number of benzene rings is 1. The molecule has 1 saturated heterocycles. The third kappa shape index (κ3) is 4.15. The Morgan fingerprint density at radius 1 is 1.20 bits per heavy atom. The van der Waals surface area contributed by atoms with E-state index in [1.54, 1.807) is 12.1 Å². The molecule has 1 aromatic carbocycles. The number of H-pyrrole nitrogens is 1. The molecule has 2 aromatic heterocycles. The van der Waals surface area contributed by atoms with Crippen molar-refractivity contribution in [1.82, 2.24) is 25.1 Å². The number of aromatic nitrogens is 4. The van der Waals surface area contributed by atoms with Crippen molar-refractivity contribution >= 4 is 40.2 Å². The van der Waals surface area contributed by atoms with Gasteiger partial charge in [0.25, 0.3) is 5.56 Å². The predicted molar refractivity (Wildman–Crippen MR) is 112 cm³/mol. The zero-order valence-corrected chi connectivity index (χ0v) is 17.1. The number of fused-ring (bicyclic) bond motifs is 1. The lowest BCUT2D eigenvalue weighted by Crippen LogP contribution is -2.60. The molecule has 0 spiro atoms. The van der Waals surface area contributed by atoms with Crippen LogP contribution in [0.3, 0.4) is 0 Å². The Morgan fingerprint density at radius 2 is 2.00 bits per heavy atom. The highest BCUT2D eigenvalue weighted by Gasteiger charge is 2.36. The number of aliphatic hydroxyl groups excluding tert-OH is 3. The summed E-state index contributed by atoms with van der Waals surface area (Å²) >= 11 is 11.9. The summed E-state index contributed by atoms with van der Waals surface area (Å²) in [6, 6.07) is 4.63. The average Bonchev–Trinajstić information content (AvgIpc) is 3.12. The lowest BCUT2D eigenvalue weighted by Gasteiger charge is -2.36. The third-order valence-electron chi connectivity index (χ3n) is 5.06. The molecule has 1 aliphatic heterocycles. The molecule has 0 amide bonds. The molecule has 12 heteroatoms. The summed E-state index contributed by atoms with van der Waals surface area (Å²) in [6.07, 6.45) is -2.08. The van der Waals surface area contributed by atoms with Crippen LogP contribution in [0.4, 0.5) is 5.95 Å². The number of aliphatic hydroxyl groups is 3. The molecular formula is C18H20Cl2N6O4. The summed E-state index contributed by atoms with van der Waals surface area (Å²) in [7, 11) is 0.